The number of hydrogen-bond donors (Lipinski definition) is 1. The zero-order valence-corrected chi connectivity index (χ0v) is 12.5. The van der Waals surface area contributed by atoms with Gasteiger partial charge < -0.3 is 5.32 Å². The van der Waals surface area contributed by atoms with Crippen LogP contribution in [-0.4, -0.2) is 30.6 Å². The van der Waals surface area contributed by atoms with Gasteiger partial charge in [-0.2, -0.15) is 0 Å². The Bertz CT molecular complexity index is 350. The number of aryl methyl sites for hydroxylation is 1. The molecule has 0 amide bonds. The molecule has 2 rings (SSSR count). The molecule has 1 fully saturated rings. The lowest BCUT2D eigenvalue weighted by atomic mass is 10.0. The molecule has 0 spiro atoms. The molecule has 0 unspecified atom stereocenters. The lowest BCUT2D eigenvalue weighted by Gasteiger charge is -2.32. The minimum Gasteiger partial charge on any atom is -0.314 e. The van der Waals surface area contributed by atoms with Gasteiger partial charge >= 0.3 is 0 Å². The third kappa shape index (κ3) is 4.63. The number of rotatable bonds is 6. The Morgan fingerprint density at radius 3 is 2.26 bits per heavy atom. The van der Waals surface area contributed by atoms with Crippen molar-refractivity contribution in [2.24, 2.45) is 0 Å². The van der Waals surface area contributed by atoms with Crippen molar-refractivity contribution in [1.29, 1.82) is 0 Å². The van der Waals surface area contributed by atoms with E-state index in [2.05, 4.69) is 48.3 Å². The summed E-state index contributed by atoms with van der Waals surface area (Å²) in [5, 5.41) is 3.64. The topological polar surface area (TPSA) is 15.3 Å². The molecule has 0 bridgehead atoms. The van der Waals surface area contributed by atoms with Crippen LogP contribution in [0.2, 0.25) is 0 Å². The minimum atomic E-state index is 0.749. The molecule has 0 saturated carbocycles. The van der Waals surface area contributed by atoms with E-state index < -0.39 is 0 Å². The zero-order chi connectivity index (χ0) is 13.5. The monoisotopic (exact) mass is 260 g/mol. The van der Waals surface area contributed by atoms with Gasteiger partial charge in [0.05, 0.1) is 0 Å². The number of hydrogen-bond acceptors (Lipinski definition) is 2. The highest BCUT2D eigenvalue weighted by Gasteiger charge is 2.18. The first-order valence-corrected chi connectivity index (χ1v) is 7.85. The summed E-state index contributed by atoms with van der Waals surface area (Å²) < 4.78 is 0. The van der Waals surface area contributed by atoms with Gasteiger partial charge in [0.1, 0.15) is 0 Å². The van der Waals surface area contributed by atoms with Gasteiger partial charge in [-0.15, -0.1) is 0 Å². The quantitative estimate of drug-likeness (QED) is 0.845. The van der Waals surface area contributed by atoms with Crippen LogP contribution >= 0.6 is 0 Å². The highest BCUT2D eigenvalue weighted by molar-refractivity contribution is 5.22. The largest absolute Gasteiger partial charge is 0.314 e. The summed E-state index contributed by atoms with van der Waals surface area (Å²) in [6, 6.07) is 9.87. The van der Waals surface area contributed by atoms with Gasteiger partial charge in [0.25, 0.3) is 0 Å². The normalized spacial score (nSPS) is 17.8. The number of nitrogens with zero attached hydrogens (tertiary/aromatic N) is 1. The molecule has 19 heavy (non-hydrogen) atoms. The molecule has 0 radical (unpaired) electrons. The minimum absolute atomic E-state index is 0.749. The molecule has 1 heterocycles. The van der Waals surface area contributed by atoms with Crippen LogP contribution in [0.4, 0.5) is 0 Å². The van der Waals surface area contributed by atoms with Crippen LogP contribution in [0.5, 0.6) is 0 Å². The smallest absolute Gasteiger partial charge is 0.0233 e. The maximum atomic E-state index is 3.64. The Kier molecular flexibility index (Phi) is 5.87. The molecule has 106 valence electrons. The van der Waals surface area contributed by atoms with E-state index in [0.29, 0.717) is 0 Å². The van der Waals surface area contributed by atoms with Gasteiger partial charge in [-0.25, -0.2) is 0 Å². The van der Waals surface area contributed by atoms with E-state index >= 15 is 0 Å². The van der Waals surface area contributed by atoms with Crippen molar-refractivity contribution in [3.8, 4) is 0 Å². The van der Waals surface area contributed by atoms with Gasteiger partial charge in [0.15, 0.2) is 0 Å². The molecular formula is C17H28N2. The molecule has 1 saturated heterocycles. The average Bonchev–Trinajstić information content (AvgIpc) is 2.47. The molecular weight excluding hydrogens is 232 g/mol. The van der Waals surface area contributed by atoms with Crippen molar-refractivity contribution in [3.05, 3.63) is 35.4 Å². The Labute approximate surface area is 118 Å². The molecule has 1 N–H and O–H groups in total. The number of benzene rings is 1. The molecule has 1 aliphatic rings. The van der Waals surface area contributed by atoms with Crippen LogP contribution in [0.25, 0.3) is 0 Å². The molecule has 0 aromatic heterocycles. The van der Waals surface area contributed by atoms with Gasteiger partial charge in [-0.3, -0.25) is 4.90 Å². The van der Waals surface area contributed by atoms with Crippen LogP contribution in [-0.2, 0) is 13.0 Å². The summed E-state index contributed by atoms with van der Waals surface area (Å²) >= 11 is 0. The van der Waals surface area contributed by atoms with Gasteiger partial charge in [0, 0.05) is 12.6 Å². The van der Waals surface area contributed by atoms with Crippen LogP contribution in [0.15, 0.2) is 24.3 Å². The van der Waals surface area contributed by atoms with Crippen LogP contribution < -0.4 is 5.32 Å². The standard InChI is InChI=1S/C17H28N2/c1-3-11-18-17-9-12-19(13-10-17)14-16-7-5-15(4-2)6-8-16/h5-8,17-18H,3-4,9-14H2,1-2H3. The molecule has 0 atom stereocenters. The van der Waals surface area contributed by atoms with E-state index in [1.165, 1.54) is 50.0 Å². The van der Waals surface area contributed by atoms with E-state index in [4.69, 9.17) is 0 Å². The van der Waals surface area contributed by atoms with Crippen LogP contribution in [0, 0.1) is 0 Å². The summed E-state index contributed by atoms with van der Waals surface area (Å²) in [6.07, 6.45) is 4.97. The van der Waals surface area contributed by atoms with Crippen LogP contribution in [0.1, 0.15) is 44.2 Å². The van der Waals surface area contributed by atoms with Crippen molar-refractivity contribution < 1.29 is 0 Å². The van der Waals surface area contributed by atoms with Crippen molar-refractivity contribution in [2.75, 3.05) is 19.6 Å². The maximum absolute atomic E-state index is 3.64. The first-order valence-electron chi connectivity index (χ1n) is 7.85. The first kappa shape index (κ1) is 14.5. The van der Waals surface area contributed by atoms with Crippen molar-refractivity contribution in [1.82, 2.24) is 10.2 Å². The molecule has 2 heteroatoms. The molecule has 1 aromatic carbocycles. The second kappa shape index (κ2) is 7.66. The summed E-state index contributed by atoms with van der Waals surface area (Å²) in [7, 11) is 0. The zero-order valence-electron chi connectivity index (χ0n) is 12.5. The van der Waals surface area contributed by atoms with Crippen molar-refractivity contribution >= 4 is 0 Å². The second-order valence-corrected chi connectivity index (χ2v) is 5.67. The van der Waals surface area contributed by atoms with Gasteiger partial charge in [0.2, 0.25) is 0 Å². The highest BCUT2D eigenvalue weighted by Crippen LogP contribution is 2.14. The SMILES string of the molecule is CCCNC1CCN(Cc2ccc(CC)cc2)CC1. The highest BCUT2D eigenvalue weighted by atomic mass is 15.1. The Morgan fingerprint density at radius 2 is 1.68 bits per heavy atom. The lowest BCUT2D eigenvalue weighted by Crippen LogP contribution is -2.42. The Balaban J connectivity index is 1.75. The Morgan fingerprint density at radius 1 is 1.05 bits per heavy atom. The van der Waals surface area contributed by atoms with E-state index in [-0.39, 0.29) is 0 Å². The van der Waals surface area contributed by atoms with E-state index in [9.17, 15) is 0 Å². The number of nitrogens with one attached hydrogen (secondary N) is 1. The van der Waals surface area contributed by atoms with Crippen molar-refractivity contribution in [3.63, 3.8) is 0 Å². The summed E-state index contributed by atoms with van der Waals surface area (Å²) in [4.78, 5) is 2.59. The fourth-order valence-electron chi connectivity index (χ4n) is 2.78. The van der Waals surface area contributed by atoms with E-state index in [1.807, 2.05) is 0 Å². The maximum Gasteiger partial charge on any atom is 0.0233 e. The van der Waals surface area contributed by atoms with Gasteiger partial charge in [-0.1, -0.05) is 38.1 Å². The van der Waals surface area contributed by atoms with E-state index in [0.717, 1.165) is 19.0 Å². The summed E-state index contributed by atoms with van der Waals surface area (Å²) in [5.41, 5.74) is 2.89. The van der Waals surface area contributed by atoms with Crippen LogP contribution in [0.3, 0.4) is 0 Å². The summed E-state index contributed by atoms with van der Waals surface area (Å²) in [5.74, 6) is 0. The Hall–Kier alpha value is -0.860. The molecule has 1 aliphatic heterocycles. The first-order chi connectivity index (χ1) is 9.31. The van der Waals surface area contributed by atoms with Crippen molar-refractivity contribution in [2.45, 2.75) is 52.1 Å². The van der Waals surface area contributed by atoms with Gasteiger partial charge in [-0.05, 0) is 56.4 Å². The van der Waals surface area contributed by atoms with E-state index in [1.54, 1.807) is 0 Å². The number of piperidine rings is 1. The fourth-order valence-corrected chi connectivity index (χ4v) is 2.78. The fraction of sp³-hybridized carbons (Fsp3) is 0.647. The average molecular weight is 260 g/mol. The second-order valence-electron chi connectivity index (χ2n) is 5.67. The molecule has 2 nitrogen and oxygen atoms in total. The number of likely N-dealkylation sites (tertiary alicyclic amines) is 1. The third-order valence-electron chi connectivity index (χ3n) is 4.11. The predicted octanol–water partition coefficient (Wildman–Crippen LogP) is 3.21. The summed E-state index contributed by atoms with van der Waals surface area (Å²) in [6.45, 7) is 9.20. The predicted molar refractivity (Wildman–Crippen MR) is 82.4 cm³/mol. The molecule has 1 aromatic rings. The third-order valence-corrected chi connectivity index (χ3v) is 4.11. The molecule has 0 aliphatic carbocycles. The lowest BCUT2D eigenvalue weighted by molar-refractivity contribution is 0.191.